The molecule has 5 nitrogen and oxygen atoms in total. The Morgan fingerprint density at radius 2 is 1.86 bits per heavy atom. The van der Waals surface area contributed by atoms with Gasteiger partial charge < -0.3 is 4.74 Å². The van der Waals surface area contributed by atoms with Gasteiger partial charge in [0.05, 0.1) is 6.42 Å². The van der Waals surface area contributed by atoms with E-state index >= 15 is 0 Å². The number of rotatable bonds is 13. The number of hydrogen-bond donors (Lipinski definition) is 1. The Kier molecular flexibility index (Phi) is 9.35. The molecule has 0 atom stereocenters. The van der Waals surface area contributed by atoms with Gasteiger partial charge in [-0.1, -0.05) is 50.5 Å². The van der Waals surface area contributed by atoms with Crippen LogP contribution in [0.4, 0.5) is 0 Å². The number of amides is 2. The second-order valence-electron chi connectivity index (χ2n) is 7.38. The van der Waals surface area contributed by atoms with E-state index in [0.717, 1.165) is 30.9 Å². The zero-order valence-electron chi connectivity index (χ0n) is 17.3. The summed E-state index contributed by atoms with van der Waals surface area (Å²) in [6.07, 6.45) is 12.2. The summed E-state index contributed by atoms with van der Waals surface area (Å²) >= 11 is 0. The smallest absolute Gasteiger partial charge is 0.310 e. The minimum Gasteiger partial charge on any atom is -0.461 e. The summed E-state index contributed by atoms with van der Waals surface area (Å²) < 4.78 is 5.28. The Morgan fingerprint density at radius 3 is 2.55 bits per heavy atom. The molecule has 1 aliphatic rings. The van der Waals surface area contributed by atoms with Gasteiger partial charge in [-0.3, -0.25) is 19.7 Å². The first-order chi connectivity index (χ1) is 14.0. The highest BCUT2D eigenvalue weighted by Gasteiger charge is 2.23. The lowest BCUT2D eigenvalue weighted by Crippen LogP contribution is -2.23. The quantitative estimate of drug-likeness (QED) is 0.233. The van der Waals surface area contributed by atoms with Crippen LogP contribution in [-0.2, 0) is 38.6 Å². The first-order valence-corrected chi connectivity index (χ1v) is 10.5. The molecular weight excluding hydrogens is 366 g/mol. The van der Waals surface area contributed by atoms with Crippen molar-refractivity contribution in [3.05, 3.63) is 59.2 Å². The van der Waals surface area contributed by atoms with Crippen molar-refractivity contribution >= 4 is 17.8 Å². The van der Waals surface area contributed by atoms with E-state index < -0.39 is 17.8 Å². The maximum absolute atomic E-state index is 12.0. The highest BCUT2D eigenvalue weighted by Crippen LogP contribution is 2.18. The SMILES string of the molecule is C=CCCCCCCCc1ccc(COC(=O)CC2=CC(=O)NC2=O)cc1CC. The van der Waals surface area contributed by atoms with E-state index in [0.29, 0.717) is 0 Å². The van der Waals surface area contributed by atoms with Crippen LogP contribution in [0.5, 0.6) is 0 Å². The zero-order valence-corrected chi connectivity index (χ0v) is 17.3. The van der Waals surface area contributed by atoms with Crippen molar-refractivity contribution in [2.75, 3.05) is 0 Å². The number of nitrogens with one attached hydrogen (secondary N) is 1. The van der Waals surface area contributed by atoms with Crippen LogP contribution < -0.4 is 5.32 Å². The van der Waals surface area contributed by atoms with Crippen LogP contribution >= 0.6 is 0 Å². The van der Waals surface area contributed by atoms with Crippen molar-refractivity contribution in [2.45, 2.75) is 71.3 Å². The van der Waals surface area contributed by atoms with Gasteiger partial charge in [0.2, 0.25) is 0 Å². The molecule has 0 bridgehead atoms. The van der Waals surface area contributed by atoms with Gasteiger partial charge in [-0.2, -0.15) is 0 Å². The topological polar surface area (TPSA) is 72.5 Å². The van der Waals surface area contributed by atoms with Gasteiger partial charge in [-0.25, -0.2) is 0 Å². The molecule has 1 N–H and O–H groups in total. The standard InChI is InChI=1S/C24H31NO4/c1-3-5-6-7-8-9-10-11-20-13-12-18(14-19(20)4-2)17-29-23(27)16-21-15-22(26)25-24(21)28/h3,12-15H,1,4-11,16-17H2,2H3,(H,25,26,28). The molecule has 0 aliphatic carbocycles. The Bertz CT molecular complexity index is 779. The molecule has 2 rings (SSSR count). The number of unbranched alkanes of at least 4 members (excludes halogenated alkanes) is 5. The van der Waals surface area contributed by atoms with Crippen LogP contribution in [0.3, 0.4) is 0 Å². The van der Waals surface area contributed by atoms with Crippen molar-refractivity contribution in [3.63, 3.8) is 0 Å². The maximum Gasteiger partial charge on any atom is 0.310 e. The summed E-state index contributed by atoms with van der Waals surface area (Å²) in [5, 5.41) is 2.12. The molecule has 5 heteroatoms. The van der Waals surface area contributed by atoms with Gasteiger partial charge in [0.1, 0.15) is 6.61 Å². The third kappa shape index (κ3) is 7.68. The molecule has 156 valence electrons. The highest BCUT2D eigenvalue weighted by atomic mass is 16.5. The van der Waals surface area contributed by atoms with E-state index in [2.05, 4.69) is 31.0 Å². The minimum atomic E-state index is -0.523. The molecule has 1 heterocycles. The molecule has 0 spiro atoms. The molecule has 0 aromatic heterocycles. The van der Waals surface area contributed by atoms with Gasteiger partial charge >= 0.3 is 5.97 Å². The first kappa shape index (κ1) is 22.6. The van der Waals surface area contributed by atoms with Crippen LogP contribution in [0.1, 0.15) is 68.6 Å². The van der Waals surface area contributed by atoms with E-state index in [9.17, 15) is 14.4 Å². The summed E-state index contributed by atoms with van der Waals surface area (Å²) in [6, 6.07) is 6.22. The molecular formula is C24H31NO4. The average molecular weight is 398 g/mol. The first-order valence-electron chi connectivity index (χ1n) is 10.5. The summed E-state index contributed by atoms with van der Waals surface area (Å²) in [4.78, 5) is 34.5. The summed E-state index contributed by atoms with van der Waals surface area (Å²) in [5.41, 5.74) is 3.73. The van der Waals surface area contributed by atoms with E-state index in [1.807, 2.05) is 12.1 Å². The van der Waals surface area contributed by atoms with Gasteiger partial charge in [0.15, 0.2) is 0 Å². The van der Waals surface area contributed by atoms with Crippen LogP contribution in [-0.4, -0.2) is 17.8 Å². The van der Waals surface area contributed by atoms with Crippen molar-refractivity contribution in [2.24, 2.45) is 0 Å². The number of ether oxygens (including phenoxy) is 1. The second-order valence-corrected chi connectivity index (χ2v) is 7.38. The maximum atomic E-state index is 12.0. The molecule has 0 saturated heterocycles. The normalized spacial score (nSPS) is 13.2. The zero-order chi connectivity index (χ0) is 21.1. The minimum absolute atomic E-state index is 0.147. The molecule has 2 amide bonds. The fourth-order valence-corrected chi connectivity index (χ4v) is 3.43. The largest absolute Gasteiger partial charge is 0.461 e. The number of hydrogen-bond acceptors (Lipinski definition) is 4. The van der Waals surface area contributed by atoms with Crippen LogP contribution in [0.15, 0.2) is 42.5 Å². The molecule has 0 fully saturated rings. The number of aryl methyl sites for hydroxylation is 2. The molecule has 0 saturated carbocycles. The third-order valence-electron chi connectivity index (χ3n) is 5.07. The fraction of sp³-hybridized carbons (Fsp3) is 0.458. The number of carbonyl (C=O) groups is 3. The molecule has 1 aliphatic heterocycles. The molecule has 1 aromatic rings. The van der Waals surface area contributed by atoms with E-state index in [1.54, 1.807) is 0 Å². The molecule has 0 unspecified atom stereocenters. The highest BCUT2D eigenvalue weighted by molar-refractivity contribution is 6.17. The van der Waals surface area contributed by atoms with E-state index in [1.165, 1.54) is 43.2 Å². The van der Waals surface area contributed by atoms with Crippen molar-refractivity contribution in [3.8, 4) is 0 Å². The molecule has 1 aromatic carbocycles. The summed E-state index contributed by atoms with van der Waals surface area (Å²) in [5.74, 6) is -1.53. The predicted octanol–water partition coefficient (Wildman–Crippen LogP) is 4.33. The van der Waals surface area contributed by atoms with Gasteiger partial charge in [0, 0.05) is 11.6 Å². The number of imide groups is 1. The Labute approximate surface area is 173 Å². The van der Waals surface area contributed by atoms with Crippen molar-refractivity contribution in [1.82, 2.24) is 5.32 Å². The van der Waals surface area contributed by atoms with Crippen LogP contribution in [0, 0.1) is 0 Å². The third-order valence-corrected chi connectivity index (χ3v) is 5.07. The lowest BCUT2D eigenvalue weighted by molar-refractivity contribution is -0.144. The van der Waals surface area contributed by atoms with Crippen molar-refractivity contribution < 1.29 is 19.1 Å². The average Bonchev–Trinajstić information content (AvgIpc) is 3.02. The number of benzene rings is 1. The number of esters is 1. The molecule has 0 radical (unpaired) electrons. The van der Waals surface area contributed by atoms with Crippen LogP contribution in [0.2, 0.25) is 0 Å². The van der Waals surface area contributed by atoms with Gasteiger partial charge in [0.25, 0.3) is 11.8 Å². The Balaban J connectivity index is 1.78. The van der Waals surface area contributed by atoms with Gasteiger partial charge in [-0.05, 0) is 48.8 Å². The number of allylic oxidation sites excluding steroid dienone is 1. The van der Waals surface area contributed by atoms with E-state index in [4.69, 9.17) is 4.74 Å². The lowest BCUT2D eigenvalue weighted by Gasteiger charge is -2.11. The Morgan fingerprint density at radius 1 is 1.10 bits per heavy atom. The van der Waals surface area contributed by atoms with E-state index in [-0.39, 0.29) is 18.6 Å². The van der Waals surface area contributed by atoms with Crippen molar-refractivity contribution in [1.29, 1.82) is 0 Å². The van der Waals surface area contributed by atoms with Crippen LogP contribution in [0.25, 0.3) is 0 Å². The number of carbonyl (C=O) groups excluding carboxylic acids is 3. The summed E-state index contributed by atoms with van der Waals surface area (Å²) in [6.45, 7) is 6.05. The summed E-state index contributed by atoms with van der Waals surface area (Å²) in [7, 11) is 0. The monoisotopic (exact) mass is 397 g/mol. The lowest BCUT2D eigenvalue weighted by atomic mass is 9.97. The fourth-order valence-electron chi connectivity index (χ4n) is 3.43. The predicted molar refractivity (Wildman–Crippen MR) is 113 cm³/mol. The Hall–Kier alpha value is -2.69. The second kappa shape index (κ2) is 12.0. The molecule has 29 heavy (non-hydrogen) atoms. The van der Waals surface area contributed by atoms with Gasteiger partial charge in [-0.15, -0.1) is 6.58 Å².